The van der Waals surface area contributed by atoms with E-state index in [1.807, 2.05) is 36.7 Å². The summed E-state index contributed by atoms with van der Waals surface area (Å²) >= 11 is 12.0. The van der Waals surface area contributed by atoms with Crippen LogP contribution in [0.15, 0.2) is 22.7 Å². The second-order valence-corrected chi connectivity index (χ2v) is 7.06. The fraction of sp³-hybridized carbons (Fsp3) is 0.333. The van der Waals surface area contributed by atoms with Gasteiger partial charge in [0.15, 0.2) is 5.78 Å². The maximum Gasteiger partial charge on any atom is 0.169 e. The van der Waals surface area contributed by atoms with E-state index in [4.69, 9.17) is 11.6 Å². The van der Waals surface area contributed by atoms with Gasteiger partial charge < -0.3 is 0 Å². The number of aryl methyl sites for hydroxylation is 2. The molecule has 6 heteroatoms. The van der Waals surface area contributed by atoms with Crippen molar-refractivity contribution in [2.75, 3.05) is 0 Å². The Labute approximate surface area is 151 Å². The molecule has 3 nitrogen and oxygen atoms in total. The van der Waals surface area contributed by atoms with Gasteiger partial charge >= 0.3 is 0 Å². The lowest BCUT2D eigenvalue weighted by atomic mass is 10.1. The molecule has 0 aliphatic heterocycles. The van der Waals surface area contributed by atoms with Crippen LogP contribution in [0.25, 0.3) is 0 Å². The zero-order chi connectivity index (χ0) is 15.6. The summed E-state index contributed by atoms with van der Waals surface area (Å²) in [6, 6.07) is 5.70. The van der Waals surface area contributed by atoms with Crippen molar-refractivity contribution in [1.29, 1.82) is 0 Å². The second-order valence-electron chi connectivity index (χ2n) is 4.60. The Morgan fingerprint density at radius 2 is 2.14 bits per heavy atom. The van der Waals surface area contributed by atoms with E-state index >= 15 is 0 Å². The second kappa shape index (κ2) is 7.24. The zero-order valence-electron chi connectivity index (χ0n) is 11.8. The highest BCUT2D eigenvalue weighted by molar-refractivity contribution is 14.1. The largest absolute Gasteiger partial charge is 0.294 e. The maximum absolute atomic E-state index is 12.6. The van der Waals surface area contributed by atoms with Crippen LogP contribution in [0.1, 0.15) is 35.6 Å². The molecule has 2 aromatic rings. The van der Waals surface area contributed by atoms with Crippen LogP contribution in [0.3, 0.4) is 0 Å². The van der Waals surface area contributed by atoms with Crippen molar-refractivity contribution in [3.8, 4) is 0 Å². The molecule has 0 saturated heterocycles. The quantitative estimate of drug-likeness (QED) is 0.449. The molecular formula is C15H15BrClIN2O. The number of benzene rings is 1. The summed E-state index contributed by atoms with van der Waals surface area (Å²) in [4.78, 5) is 12.6. The third-order valence-electron chi connectivity index (χ3n) is 3.25. The predicted octanol–water partition coefficient (Wildman–Crippen LogP) is 4.91. The van der Waals surface area contributed by atoms with Gasteiger partial charge in [-0.1, -0.05) is 34.5 Å². The summed E-state index contributed by atoms with van der Waals surface area (Å²) < 4.78 is 3.66. The van der Waals surface area contributed by atoms with Gasteiger partial charge in [0.25, 0.3) is 0 Å². The number of hydrogen-bond donors (Lipinski definition) is 0. The van der Waals surface area contributed by atoms with Gasteiger partial charge in [0.1, 0.15) is 0 Å². The van der Waals surface area contributed by atoms with Gasteiger partial charge in [-0.05, 0) is 54.1 Å². The first-order valence-corrected chi connectivity index (χ1v) is 8.95. The molecular weight excluding hydrogens is 466 g/mol. The average molecular weight is 482 g/mol. The fourth-order valence-corrected chi connectivity index (χ4v) is 3.48. The molecule has 0 spiro atoms. The molecule has 0 N–H and O–H groups in total. The topological polar surface area (TPSA) is 34.9 Å². The molecule has 112 valence electrons. The molecule has 2 rings (SSSR count). The van der Waals surface area contributed by atoms with E-state index in [0.29, 0.717) is 17.1 Å². The molecule has 1 aromatic heterocycles. The minimum Gasteiger partial charge on any atom is -0.294 e. The standard InChI is InChI=1S/C15H15BrClIN2O/c1-3-12-15(17)13(20(4-2)19-12)8-14(21)10-7-9(16)5-6-11(10)18/h5-7H,3-4,8H2,1-2H3. The molecule has 0 radical (unpaired) electrons. The van der Waals surface area contributed by atoms with E-state index in [1.54, 1.807) is 0 Å². The maximum atomic E-state index is 12.6. The summed E-state index contributed by atoms with van der Waals surface area (Å²) in [7, 11) is 0. The molecule has 1 heterocycles. The van der Waals surface area contributed by atoms with Gasteiger partial charge in [0, 0.05) is 20.2 Å². The van der Waals surface area contributed by atoms with Gasteiger partial charge in [-0.15, -0.1) is 0 Å². The lowest BCUT2D eigenvalue weighted by Crippen LogP contribution is -2.11. The predicted molar refractivity (Wildman–Crippen MR) is 97.2 cm³/mol. The summed E-state index contributed by atoms with van der Waals surface area (Å²) in [5, 5.41) is 5.08. The zero-order valence-corrected chi connectivity index (χ0v) is 16.3. The van der Waals surface area contributed by atoms with Crippen LogP contribution in [0.4, 0.5) is 0 Å². The number of Topliss-reactive ketones (excluding diaryl/α,β-unsaturated/α-hetero) is 1. The molecule has 0 amide bonds. The summed E-state index contributed by atoms with van der Waals surface area (Å²) in [5.41, 5.74) is 2.37. The normalized spacial score (nSPS) is 10.9. The minimum absolute atomic E-state index is 0.0554. The number of ketones is 1. The number of hydrogen-bond acceptors (Lipinski definition) is 2. The van der Waals surface area contributed by atoms with Crippen LogP contribution in [-0.4, -0.2) is 15.6 Å². The molecule has 0 bridgehead atoms. The van der Waals surface area contributed by atoms with Gasteiger partial charge in [-0.2, -0.15) is 5.10 Å². The highest BCUT2D eigenvalue weighted by Gasteiger charge is 2.19. The smallest absolute Gasteiger partial charge is 0.169 e. The number of halogens is 3. The molecule has 0 aliphatic rings. The highest BCUT2D eigenvalue weighted by Crippen LogP contribution is 2.25. The first-order valence-electron chi connectivity index (χ1n) is 6.70. The van der Waals surface area contributed by atoms with Crippen molar-refractivity contribution in [3.05, 3.63) is 48.2 Å². The van der Waals surface area contributed by atoms with Crippen molar-refractivity contribution >= 4 is 55.9 Å². The van der Waals surface area contributed by atoms with Gasteiger partial charge in [0.05, 0.1) is 22.8 Å². The lowest BCUT2D eigenvalue weighted by molar-refractivity contribution is 0.0989. The molecule has 0 saturated carbocycles. The van der Waals surface area contributed by atoms with Crippen molar-refractivity contribution in [2.45, 2.75) is 33.2 Å². The Morgan fingerprint density at radius 3 is 2.76 bits per heavy atom. The summed E-state index contributed by atoms with van der Waals surface area (Å²) in [6.45, 7) is 4.72. The van der Waals surface area contributed by atoms with E-state index in [2.05, 4.69) is 43.6 Å². The summed E-state index contributed by atoms with van der Waals surface area (Å²) in [6.07, 6.45) is 1.04. The van der Waals surface area contributed by atoms with E-state index in [1.165, 1.54) is 0 Å². The number of aromatic nitrogens is 2. The van der Waals surface area contributed by atoms with Gasteiger partial charge in [-0.25, -0.2) is 0 Å². The summed E-state index contributed by atoms with van der Waals surface area (Å²) in [5.74, 6) is 0.0554. The molecule has 0 aliphatic carbocycles. The van der Waals surface area contributed by atoms with E-state index in [0.717, 1.165) is 25.9 Å². The van der Waals surface area contributed by atoms with E-state index in [9.17, 15) is 4.79 Å². The number of nitrogens with zero attached hydrogens (tertiary/aromatic N) is 2. The van der Waals surface area contributed by atoms with Gasteiger partial charge in [-0.3, -0.25) is 9.48 Å². The van der Waals surface area contributed by atoms with Crippen molar-refractivity contribution in [1.82, 2.24) is 9.78 Å². The first kappa shape index (κ1) is 17.0. The van der Waals surface area contributed by atoms with E-state index < -0.39 is 0 Å². The molecule has 1 aromatic carbocycles. The number of rotatable bonds is 5. The Morgan fingerprint density at radius 1 is 1.43 bits per heavy atom. The van der Waals surface area contributed by atoms with Crippen LogP contribution in [0.2, 0.25) is 5.02 Å². The SMILES string of the molecule is CCc1nn(CC)c(CC(=O)c2cc(Br)ccc2I)c1Cl. The molecule has 0 atom stereocenters. The Kier molecular flexibility index (Phi) is 5.85. The van der Waals surface area contributed by atoms with Crippen LogP contribution < -0.4 is 0 Å². The van der Waals surface area contributed by atoms with E-state index in [-0.39, 0.29) is 12.2 Å². The van der Waals surface area contributed by atoms with Crippen LogP contribution in [0, 0.1) is 3.57 Å². The fourth-order valence-electron chi connectivity index (χ4n) is 2.14. The van der Waals surface area contributed by atoms with Crippen LogP contribution in [-0.2, 0) is 19.4 Å². The number of carbonyl (C=O) groups excluding carboxylic acids is 1. The van der Waals surface area contributed by atoms with Crippen LogP contribution >= 0.6 is 50.1 Å². The molecule has 0 fully saturated rings. The first-order chi connectivity index (χ1) is 9.97. The Bertz CT molecular complexity index is 685. The van der Waals surface area contributed by atoms with Crippen LogP contribution in [0.5, 0.6) is 0 Å². The monoisotopic (exact) mass is 480 g/mol. The number of carbonyl (C=O) groups is 1. The van der Waals surface area contributed by atoms with Crippen molar-refractivity contribution in [2.24, 2.45) is 0 Å². The average Bonchev–Trinajstić information content (AvgIpc) is 2.77. The third kappa shape index (κ3) is 3.68. The van der Waals surface area contributed by atoms with Crippen molar-refractivity contribution < 1.29 is 4.79 Å². The lowest BCUT2D eigenvalue weighted by Gasteiger charge is -2.07. The molecule has 21 heavy (non-hydrogen) atoms. The highest BCUT2D eigenvalue weighted by atomic mass is 127. The Balaban J connectivity index is 2.35. The molecule has 0 unspecified atom stereocenters. The minimum atomic E-state index is 0.0554. The third-order valence-corrected chi connectivity index (χ3v) is 5.12. The Hall–Kier alpha value is -0.400. The van der Waals surface area contributed by atoms with Crippen molar-refractivity contribution in [3.63, 3.8) is 0 Å². The van der Waals surface area contributed by atoms with Gasteiger partial charge in [0.2, 0.25) is 0 Å².